The fourth-order valence-electron chi connectivity index (χ4n) is 3.19. The van der Waals surface area contributed by atoms with E-state index in [0.717, 1.165) is 39.5 Å². The number of rotatable bonds is 3. The van der Waals surface area contributed by atoms with Gasteiger partial charge in [-0.1, -0.05) is 18.2 Å². The minimum absolute atomic E-state index is 0.0307. The lowest BCUT2D eigenvalue weighted by Crippen LogP contribution is -2.46. The molecule has 6 heteroatoms. The van der Waals surface area contributed by atoms with Crippen LogP contribution in [-0.4, -0.2) is 40.8 Å². The van der Waals surface area contributed by atoms with E-state index < -0.39 is 0 Å². The van der Waals surface area contributed by atoms with Crippen LogP contribution in [0.5, 0.6) is 0 Å². The summed E-state index contributed by atoms with van der Waals surface area (Å²) >= 11 is 1.45. The first-order valence-corrected chi connectivity index (χ1v) is 9.37. The Balaban J connectivity index is 1.57. The molecular formula is C19H23N3O2S. The van der Waals surface area contributed by atoms with E-state index >= 15 is 0 Å². The highest BCUT2D eigenvalue weighted by atomic mass is 32.1. The number of benzene rings is 1. The highest BCUT2D eigenvalue weighted by molar-refractivity contribution is 7.13. The van der Waals surface area contributed by atoms with Crippen LogP contribution in [0.15, 0.2) is 24.3 Å². The van der Waals surface area contributed by atoms with Crippen LogP contribution in [0.2, 0.25) is 0 Å². The van der Waals surface area contributed by atoms with Gasteiger partial charge in [-0.3, -0.25) is 9.59 Å². The van der Waals surface area contributed by atoms with Gasteiger partial charge in [0.15, 0.2) is 0 Å². The molecule has 0 saturated carbocycles. The number of carbonyl (C=O) groups excluding carboxylic acids is 2. The van der Waals surface area contributed by atoms with E-state index in [1.807, 2.05) is 49.9 Å². The molecule has 1 saturated heterocycles. The second-order valence-corrected chi connectivity index (χ2v) is 7.71. The third kappa shape index (κ3) is 3.90. The summed E-state index contributed by atoms with van der Waals surface area (Å²) in [4.78, 5) is 32.0. The zero-order chi connectivity index (χ0) is 18.0. The molecule has 1 aliphatic heterocycles. The monoisotopic (exact) mass is 357 g/mol. The highest BCUT2D eigenvalue weighted by Gasteiger charge is 2.27. The molecule has 132 valence electrons. The lowest BCUT2D eigenvalue weighted by Gasteiger charge is -2.32. The molecule has 3 rings (SSSR count). The van der Waals surface area contributed by atoms with Crippen LogP contribution < -0.4 is 5.32 Å². The molecule has 1 aromatic carbocycles. The van der Waals surface area contributed by atoms with Crippen LogP contribution in [0, 0.1) is 20.8 Å². The van der Waals surface area contributed by atoms with E-state index in [4.69, 9.17) is 0 Å². The summed E-state index contributed by atoms with van der Waals surface area (Å²) in [5.41, 5.74) is 2.50. The van der Waals surface area contributed by atoms with E-state index in [0.29, 0.717) is 13.1 Å². The first kappa shape index (κ1) is 17.6. The molecule has 1 aromatic heterocycles. The predicted molar refractivity (Wildman–Crippen MR) is 99.2 cm³/mol. The molecule has 1 N–H and O–H groups in total. The van der Waals surface area contributed by atoms with Gasteiger partial charge in [-0.2, -0.15) is 0 Å². The molecular weight excluding hydrogens is 334 g/mol. The zero-order valence-corrected chi connectivity index (χ0v) is 15.7. The predicted octanol–water partition coefficient (Wildman–Crippen LogP) is 3.10. The van der Waals surface area contributed by atoms with Gasteiger partial charge < -0.3 is 10.2 Å². The molecule has 2 amide bonds. The maximum absolute atomic E-state index is 12.6. The second-order valence-electron chi connectivity index (χ2n) is 6.50. The van der Waals surface area contributed by atoms with Crippen molar-refractivity contribution in [3.8, 4) is 0 Å². The number of likely N-dealkylation sites (tertiary alicyclic amines) is 1. The summed E-state index contributed by atoms with van der Waals surface area (Å²) in [6.45, 7) is 7.06. The number of thiazole rings is 1. The summed E-state index contributed by atoms with van der Waals surface area (Å²) in [5, 5.41) is 4.02. The van der Waals surface area contributed by atoms with Gasteiger partial charge in [0.2, 0.25) is 0 Å². The summed E-state index contributed by atoms with van der Waals surface area (Å²) in [7, 11) is 0. The first-order valence-electron chi connectivity index (χ1n) is 8.55. The van der Waals surface area contributed by atoms with Crippen molar-refractivity contribution in [1.29, 1.82) is 0 Å². The maximum Gasteiger partial charge on any atom is 0.265 e. The molecule has 25 heavy (non-hydrogen) atoms. The topological polar surface area (TPSA) is 62.3 Å². The van der Waals surface area contributed by atoms with E-state index in [1.165, 1.54) is 11.3 Å². The van der Waals surface area contributed by atoms with Crippen molar-refractivity contribution in [2.45, 2.75) is 39.7 Å². The summed E-state index contributed by atoms with van der Waals surface area (Å²) in [5.74, 6) is 0.0311. The van der Waals surface area contributed by atoms with E-state index in [1.54, 1.807) is 0 Å². The van der Waals surface area contributed by atoms with Gasteiger partial charge in [-0.05, 0) is 45.2 Å². The minimum Gasteiger partial charge on any atom is -0.349 e. The van der Waals surface area contributed by atoms with Gasteiger partial charge in [-0.25, -0.2) is 4.98 Å². The first-order chi connectivity index (χ1) is 12.0. The number of carbonyl (C=O) groups is 2. The average Bonchev–Trinajstić information content (AvgIpc) is 2.93. The third-order valence-electron chi connectivity index (χ3n) is 4.60. The van der Waals surface area contributed by atoms with Crippen LogP contribution in [0.1, 0.15) is 49.1 Å². The molecule has 2 aromatic rings. The SMILES string of the molecule is Cc1nc(C)c(C(=O)N2CCC(NC(=O)c3ccccc3C)CC2)s1. The van der Waals surface area contributed by atoms with Gasteiger partial charge in [0.1, 0.15) is 4.88 Å². The standard InChI is InChI=1S/C19H23N3O2S/c1-12-6-4-5-7-16(12)18(23)21-15-8-10-22(11-9-15)19(24)17-13(2)20-14(3)25-17/h4-7,15H,8-11H2,1-3H3,(H,21,23). The fourth-order valence-corrected chi connectivity index (χ4v) is 4.08. The second kappa shape index (κ2) is 7.35. The fraction of sp³-hybridized carbons (Fsp3) is 0.421. The van der Waals surface area contributed by atoms with Crippen LogP contribution in [0.3, 0.4) is 0 Å². The van der Waals surface area contributed by atoms with Crippen molar-refractivity contribution in [1.82, 2.24) is 15.2 Å². The zero-order valence-electron chi connectivity index (χ0n) is 14.8. The van der Waals surface area contributed by atoms with Crippen molar-refractivity contribution in [2.24, 2.45) is 0 Å². The summed E-state index contributed by atoms with van der Waals surface area (Å²) in [6, 6.07) is 7.70. The lowest BCUT2D eigenvalue weighted by molar-refractivity contribution is 0.0702. The van der Waals surface area contributed by atoms with Crippen molar-refractivity contribution in [3.63, 3.8) is 0 Å². The van der Waals surface area contributed by atoms with E-state index in [-0.39, 0.29) is 17.9 Å². The van der Waals surface area contributed by atoms with Crippen molar-refractivity contribution in [3.05, 3.63) is 51.0 Å². The summed E-state index contributed by atoms with van der Waals surface area (Å²) in [6.07, 6.45) is 1.56. The van der Waals surface area contributed by atoms with Gasteiger partial charge in [0.25, 0.3) is 11.8 Å². The molecule has 0 aliphatic carbocycles. The van der Waals surface area contributed by atoms with Crippen LogP contribution in [-0.2, 0) is 0 Å². The Hall–Kier alpha value is -2.21. The van der Waals surface area contributed by atoms with Gasteiger partial charge in [0.05, 0.1) is 10.7 Å². The molecule has 5 nitrogen and oxygen atoms in total. The Morgan fingerprint density at radius 2 is 1.84 bits per heavy atom. The average molecular weight is 357 g/mol. The number of aryl methyl sites for hydroxylation is 3. The van der Waals surface area contributed by atoms with Crippen molar-refractivity contribution < 1.29 is 9.59 Å². The van der Waals surface area contributed by atoms with Gasteiger partial charge in [-0.15, -0.1) is 11.3 Å². The molecule has 0 spiro atoms. The Labute approximate surface area is 152 Å². The Kier molecular flexibility index (Phi) is 5.18. The van der Waals surface area contributed by atoms with Crippen LogP contribution in [0.25, 0.3) is 0 Å². The Bertz CT molecular complexity index is 792. The number of aromatic nitrogens is 1. The van der Waals surface area contributed by atoms with E-state index in [9.17, 15) is 9.59 Å². The third-order valence-corrected chi connectivity index (χ3v) is 5.67. The highest BCUT2D eigenvalue weighted by Crippen LogP contribution is 2.22. The smallest absolute Gasteiger partial charge is 0.265 e. The molecule has 0 atom stereocenters. The number of piperidine rings is 1. The maximum atomic E-state index is 12.6. The molecule has 0 radical (unpaired) electrons. The number of hydrogen-bond donors (Lipinski definition) is 1. The number of nitrogens with one attached hydrogen (secondary N) is 1. The number of nitrogens with zero attached hydrogens (tertiary/aromatic N) is 2. The molecule has 0 unspecified atom stereocenters. The lowest BCUT2D eigenvalue weighted by atomic mass is 10.0. The van der Waals surface area contributed by atoms with Gasteiger partial charge in [0, 0.05) is 24.7 Å². The van der Waals surface area contributed by atoms with Crippen molar-refractivity contribution >= 4 is 23.2 Å². The minimum atomic E-state index is -0.0307. The molecule has 1 aliphatic rings. The normalized spacial score (nSPS) is 15.2. The van der Waals surface area contributed by atoms with Crippen LogP contribution >= 0.6 is 11.3 Å². The Morgan fingerprint density at radius 3 is 2.44 bits per heavy atom. The van der Waals surface area contributed by atoms with Crippen molar-refractivity contribution in [2.75, 3.05) is 13.1 Å². The molecule has 2 heterocycles. The van der Waals surface area contributed by atoms with E-state index in [2.05, 4.69) is 10.3 Å². The summed E-state index contributed by atoms with van der Waals surface area (Å²) < 4.78 is 0. The quantitative estimate of drug-likeness (QED) is 0.918. The van der Waals surface area contributed by atoms with Gasteiger partial charge >= 0.3 is 0 Å². The number of hydrogen-bond acceptors (Lipinski definition) is 4. The largest absolute Gasteiger partial charge is 0.349 e. The molecule has 0 bridgehead atoms. The van der Waals surface area contributed by atoms with Crippen LogP contribution in [0.4, 0.5) is 0 Å². The number of amides is 2. The Morgan fingerprint density at radius 1 is 1.16 bits per heavy atom. The molecule has 1 fully saturated rings.